The summed E-state index contributed by atoms with van der Waals surface area (Å²) >= 11 is 5.45. The summed E-state index contributed by atoms with van der Waals surface area (Å²) < 4.78 is 0. The first-order valence-electron chi connectivity index (χ1n) is 6.47. The van der Waals surface area contributed by atoms with E-state index in [4.69, 9.17) is 16.4 Å². The quantitative estimate of drug-likeness (QED) is 0.425. The van der Waals surface area contributed by atoms with Gasteiger partial charge in [0, 0.05) is 12.1 Å². The van der Waals surface area contributed by atoms with E-state index < -0.39 is 5.92 Å². The second kappa shape index (κ2) is 8.78. The molecule has 0 bridgehead atoms. The van der Waals surface area contributed by atoms with Crippen LogP contribution in [-0.2, 0) is 19.2 Å². The van der Waals surface area contributed by atoms with E-state index in [0.29, 0.717) is 24.1 Å². The van der Waals surface area contributed by atoms with Crippen molar-refractivity contribution >= 4 is 41.4 Å². The number of amides is 4. The molecule has 1 aliphatic rings. The van der Waals surface area contributed by atoms with Crippen LogP contribution in [-0.4, -0.2) is 30.0 Å². The fraction of sp³-hybridized carbons (Fsp3) is 0.286. The van der Waals surface area contributed by atoms with E-state index in [1.807, 2.05) is 0 Å². The van der Waals surface area contributed by atoms with Crippen LogP contribution in [0.15, 0.2) is 24.3 Å². The zero-order chi connectivity index (χ0) is 16.5. The molecule has 7 nitrogen and oxygen atoms in total. The highest BCUT2D eigenvalue weighted by Crippen LogP contribution is 2.30. The molecule has 118 valence electrons. The summed E-state index contributed by atoms with van der Waals surface area (Å²) in [5.41, 5.74) is 5.42. The highest BCUT2D eigenvalue weighted by atomic mass is 35.5. The van der Waals surface area contributed by atoms with Crippen LogP contribution < -0.4 is 16.4 Å². The monoisotopic (exact) mass is 325 g/mol. The molecule has 1 fully saturated rings. The molecule has 0 spiro atoms. The Hall–Kier alpha value is -2.41. The second-order valence-electron chi connectivity index (χ2n) is 4.41. The van der Waals surface area contributed by atoms with Gasteiger partial charge in [-0.3, -0.25) is 24.5 Å². The third kappa shape index (κ3) is 4.85. The summed E-state index contributed by atoms with van der Waals surface area (Å²) in [6.45, 7) is 0. The zero-order valence-electron chi connectivity index (χ0n) is 11.7. The van der Waals surface area contributed by atoms with Gasteiger partial charge in [0.15, 0.2) is 0 Å². The molecule has 4 amide bonds. The molecule has 1 unspecified atom stereocenters. The van der Waals surface area contributed by atoms with Gasteiger partial charge in [0.25, 0.3) is 0 Å². The van der Waals surface area contributed by atoms with Crippen molar-refractivity contribution in [1.29, 1.82) is 0 Å². The fourth-order valence-electron chi connectivity index (χ4n) is 2.09. The van der Waals surface area contributed by atoms with Crippen molar-refractivity contribution in [3.8, 4) is 0 Å². The van der Waals surface area contributed by atoms with E-state index in [9.17, 15) is 14.4 Å². The summed E-state index contributed by atoms with van der Waals surface area (Å²) in [4.78, 5) is 42.9. The lowest BCUT2D eigenvalue weighted by atomic mass is 9.89. The average Bonchev–Trinajstić information content (AvgIpc) is 2.49. The first-order chi connectivity index (χ1) is 10.5. The minimum atomic E-state index is -0.426. The second-order valence-corrected chi connectivity index (χ2v) is 4.68. The van der Waals surface area contributed by atoms with Crippen molar-refractivity contribution in [2.45, 2.75) is 18.8 Å². The average molecular weight is 326 g/mol. The summed E-state index contributed by atoms with van der Waals surface area (Å²) in [5.74, 6) is -1.50. The predicted octanol–water partition coefficient (Wildman–Crippen LogP) is 0.486. The molecule has 1 atom stereocenters. The van der Waals surface area contributed by atoms with Crippen LogP contribution in [0, 0.1) is 0 Å². The first-order valence-corrected chi connectivity index (χ1v) is 7.00. The normalized spacial score (nSPS) is 16.9. The highest BCUT2D eigenvalue weighted by molar-refractivity contribution is 6.29. The van der Waals surface area contributed by atoms with Crippen molar-refractivity contribution in [2.24, 2.45) is 5.73 Å². The van der Waals surface area contributed by atoms with Gasteiger partial charge in [0.05, 0.1) is 5.92 Å². The minimum absolute atomic E-state index is 0.149. The number of primary amides is 1. The maximum Gasteiger partial charge on any atom is 0.239 e. The summed E-state index contributed by atoms with van der Waals surface area (Å²) in [6.07, 6.45) is 0.993. The molecule has 0 saturated carbocycles. The summed E-state index contributed by atoms with van der Waals surface area (Å²) in [6, 6.07) is 7.03. The number of nitrogens with one attached hydrogen (secondary N) is 2. The molecule has 0 radical (unpaired) electrons. The number of halogens is 1. The lowest BCUT2D eigenvalue weighted by Crippen LogP contribution is -2.39. The van der Waals surface area contributed by atoms with Crippen molar-refractivity contribution < 1.29 is 19.2 Å². The Balaban J connectivity index is 0.000000745. The van der Waals surface area contributed by atoms with E-state index in [1.165, 1.54) is 0 Å². The Morgan fingerprint density at radius 2 is 2.05 bits per heavy atom. The molecular weight excluding hydrogens is 310 g/mol. The molecule has 1 heterocycles. The molecule has 1 saturated heterocycles. The Kier molecular flexibility index (Phi) is 7.04. The first kappa shape index (κ1) is 17.6. The van der Waals surface area contributed by atoms with E-state index >= 15 is 0 Å². The van der Waals surface area contributed by atoms with E-state index in [2.05, 4.69) is 16.4 Å². The molecular formula is C14H16ClN3O4. The lowest BCUT2D eigenvalue weighted by molar-refractivity contribution is -0.134. The SMILES string of the molecule is NC=O.O=C1CCC(c2ccccc2NC(=O)CCl)C(=O)N1. The van der Waals surface area contributed by atoms with Gasteiger partial charge in [-0.05, 0) is 18.1 Å². The van der Waals surface area contributed by atoms with Crippen LogP contribution in [0.2, 0.25) is 0 Å². The number of alkyl halides is 1. The maximum atomic E-state index is 11.8. The molecule has 8 heteroatoms. The number of piperidine rings is 1. The topological polar surface area (TPSA) is 118 Å². The number of imide groups is 1. The van der Waals surface area contributed by atoms with Crippen molar-refractivity contribution in [2.75, 3.05) is 11.2 Å². The highest BCUT2D eigenvalue weighted by Gasteiger charge is 2.29. The number of para-hydroxylation sites is 1. The van der Waals surface area contributed by atoms with Crippen LogP contribution in [0.25, 0.3) is 0 Å². The van der Waals surface area contributed by atoms with Crippen molar-refractivity contribution in [1.82, 2.24) is 5.32 Å². The number of anilines is 1. The van der Waals surface area contributed by atoms with Gasteiger partial charge in [-0.1, -0.05) is 18.2 Å². The maximum absolute atomic E-state index is 11.8. The van der Waals surface area contributed by atoms with E-state index in [0.717, 1.165) is 0 Å². The number of hydrogen-bond acceptors (Lipinski definition) is 4. The van der Waals surface area contributed by atoms with Gasteiger partial charge < -0.3 is 11.1 Å². The third-order valence-corrected chi connectivity index (χ3v) is 3.21. The Labute approximate surface area is 132 Å². The number of rotatable bonds is 3. The van der Waals surface area contributed by atoms with Gasteiger partial charge in [0.2, 0.25) is 24.1 Å². The van der Waals surface area contributed by atoms with Gasteiger partial charge in [-0.2, -0.15) is 0 Å². The molecule has 0 aromatic heterocycles. The van der Waals surface area contributed by atoms with Crippen molar-refractivity contribution in [3.05, 3.63) is 29.8 Å². The fourth-order valence-corrected chi connectivity index (χ4v) is 2.16. The molecule has 1 aliphatic heterocycles. The molecule has 0 aliphatic carbocycles. The predicted molar refractivity (Wildman–Crippen MR) is 81.2 cm³/mol. The van der Waals surface area contributed by atoms with Crippen LogP contribution in [0.4, 0.5) is 5.69 Å². The number of carbonyl (C=O) groups excluding carboxylic acids is 4. The van der Waals surface area contributed by atoms with Crippen LogP contribution in [0.1, 0.15) is 24.3 Å². The Morgan fingerprint density at radius 3 is 2.64 bits per heavy atom. The largest absolute Gasteiger partial charge is 0.372 e. The summed E-state index contributed by atoms with van der Waals surface area (Å²) in [7, 11) is 0. The minimum Gasteiger partial charge on any atom is -0.372 e. The molecule has 4 N–H and O–H groups in total. The van der Waals surface area contributed by atoms with Gasteiger partial charge in [-0.15, -0.1) is 11.6 Å². The number of benzene rings is 1. The molecule has 1 aromatic rings. The van der Waals surface area contributed by atoms with E-state index in [-0.39, 0.29) is 30.0 Å². The van der Waals surface area contributed by atoms with Gasteiger partial charge >= 0.3 is 0 Å². The number of nitrogens with two attached hydrogens (primary N) is 1. The number of hydrogen-bond donors (Lipinski definition) is 3. The Bertz CT molecular complexity index is 577. The van der Waals surface area contributed by atoms with Gasteiger partial charge in [0.1, 0.15) is 5.88 Å². The van der Waals surface area contributed by atoms with Gasteiger partial charge in [-0.25, -0.2) is 0 Å². The molecule has 1 aromatic carbocycles. The molecule has 2 rings (SSSR count). The van der Waals surface area contributed by atoms with Crippen molar-refractivity contribution in [3.63, 3.8) is 0 Å². The van der Waals surface area contributed by atoms with Crippen LogP contribution in [0.3, 0.4) is 0 Å². The standard InChI is InChI=1S/C13H13ClN2O3.CH3NO/c14-7-12(18)15-10-4-2-1-3-8(10)9-5-6-11(17)16-13(9)19;2-1-3/h1-4,9H,5-7H2,(H,15,18)(H,16,17,19);1H,(H2,2,3). The van der Waals surface area contributed by atoms with E-state index in [1.54, 1.807) is 24.3 Å². The third-order valence-electron chi connectivity index (χ3n) is 2.97. The number of carbonyl (C=O) groups is 4. The van der Waals surface area contributed by atoms with Crippen LogP contribution >= 0.6 is 11.6 Å². The Morgan fingerprint density at radius 1 is 1.41 bits per heavy atom. The summed E-state index contributed by atoms with van der Waals surface area (Å²) in [5, 5.41) is 4.96. The van der Waals surface area contributed by atoms with Crippen LogP contribution in [0.5, 0.6) is 0 Å². The zero-order valence-corrected chi connectivity index (χ0v) is 12.4. The smallest absolute Gasteiger partial charge is 0.239 e. The lowest BCUT2D eigenvalue weighted by Gasteiger charge is -2.23. The molecule has 22 heavy (non-hydrogen) atoms.